The van der Waals surface area contributed by atoms with Crippen LogP contribution < -0.4 is 15.8 Å². The molecule has 0 aliphatic carbocycles. The van der Waals surface area contributed by atoms with Gasteiger partial charge in [0.15, 0.2) is 11.7 Å². The van der Waals surface area contributed by atoms with Gasteiger partial charge >= 0.3 is 0 Å². The number of benzene rings is 1. The van der Waals surface area contributed by atoms with Crippen LogP contribution in [0.1, 0.15) is 26.5 Å². The van der Waals surface area contributed by atoms with Crippen molar-refractivity contribution in [2.75, 3.05) is 17.7 Å². The fourth-order valence-corrected chi connectivity index (χ4v) is 2.50. The van der Waals surface area contributed by atoms with Gasteiger partial charge in [0.25, 0.3) is 5.91 Å². The van der Waals surface area contributed by atoms with Crippen molar-refractivity contribution in [3.05, 3.63) is 35.3 Å². The molecule has 0 radical (unpaired) electrons. The maximum atomic E-state index is 11.8. The van der Waals surface area contributed by atoms with Crippen LogP contribution in [-0.4, -0.2) is 17.5 Å². The summed E-state index contributed by atoms with van der Waals surface area (Å²) in [5.41, 5.74) is 7.17. The highest BCUT2D eigenvalue weighted by Crippen LogP contribution is 2.26. The van der Waals surface area contributed by atoms with Crippen LogP contribution in [-0.2, 0) is 10.2 Å². The third-order valence-electron chi connectivity index (χ3n) is 2.77. The first-order valence-corrected chi connectivity index (χ1v) is 7.47. The van der Waals surface area contributed by atoms with Gasteiger partial charge in [-0.2, -0.15) is 0 Å². The monoisotopic (exact) mass is 305 g/mol. The molecule has 0 saturated heterocycles. The molecular weight excluding hydrogens is 286 g/mol. The Balaban J connectivity index is 1.87. The summed E-state index contributed by atoms with van der Waals surface area (Å²) in [5.74, 6) is 0.371. The van der Waals surface area contributed by atoms with E-state index in [0.717, 1.165) is 5.69 Å². The summed E-state index contributed by atoms with van der Waals surface area (Å²) in [5, 5.41) is 5.28. The summed E-state index contributed by atoms with van der Waals surface area (Å²) < 4.78 is 5.38. The Kier molecular flexibility index (Phi) is 4.47. The highest BCUT2D eigenvalue weighted by atomic mass is 32.1. The van der Waals surface area contributed by atoms with E-state index in [0.29, 0.717) is 16.6 Å². The van der Waals surface area contributed by atoms with Crippen molar-refractivity contribution < 1.29 is 9.53 Å². The zero-order valence-electron chi connectivity index (χ0n) is 12.3. The van der Waals surface area contributed by atoms with E-state index in [9.17, 15) is 4.79 Å². The number of carbonyl (C=O) groups excluding carboxylic acids is 1. The zero-order valence-corrected chi connectivity index (χ0v) is 13.2. The summed E-state index contributed by atoms with van der Waals surface area (Å²) in [7, 11) is 0. The van der Waals surface area contributed by atoms with Gasteiger partial charge in [0, 0.05) is 16.5 Å². The van der Waals surface area contributed by atoms with Crippen LogP contribution in [0.4, 0.5) is 10.8 Å². The van der Waals surface area contributed by atoms with Crippen molar-refractivity contribution in [3.8, 4) is 5.75 Å². The number of ether oxygens (including phenoxy) is 1. The molecule has 0 spiro atoms. The first-order chi connectivity index (χ1) is 9.84. The Morgan fingerprint density at radius 1 is 1.33 bits per heavy atom. The molecule has 0 bridgehead atoms. The van der Waals surface area contributed by atoms with E-state index in [1.807, 2.05) is 5.38 Å². The van der Waals surface area contributed by atoms with E-state index in [4.69, 9.17) is 10.5 Å². The van der Waals surface area contributed by atoms with Crippen LogP contribution >= 0.6 is 11.3 Å². The van der Waals surface area contributed by atoms with Crippen LogP contribution in [0.5, 0.6) is 5.75 Å². The average Bonchev–Trinajstić information content (AvgIpc) is 2.86. The fraction of sp³-hybridized carbons (Fsp3) is 0.333. The molecule has 0 aliphatic heterocycles. The van der Waals surface area contributed by atoms with Crippen molar-refractivity contribution in [1.82, 2.24) is 4.98 Å². The molecule has 1 aromatic heterocycles. The Hall–Kier alpha value is -2.08. The molecule has 1 heterocycles. The highest BCUT2D eigenvalue weighted by Gasteiger charge is 2.18. The molecule has 1 amide bonds. The molecule has 2 aromatic rings. The number of aromatic nitrogens is 1. The second-order valence-electron chi connectivity index (χ2n) is 5.69. The molecule has 0 aliphatic rings. The number of hydrogen-bond acceptors (Lipinski definition) is 5. The van der Waals surface area contributed by atoms with Crippen molar-refractivity contribution in [3.63, 3.8) is 0 Å². The van der Waals surface area contributed by atoms with E-state index in [1.54, 1.807) is 24.3 Å². The number of nitrogens with zero attached hydrogens (tertiary/aromatic N) is 1. The first kappa shape index (κ1) is 15.3. The lowest BCUT2D eigenvalue weighted by molar-refractivity contribution is -0.118. The van der Waals surface area contributed by atoms with Gasteiger partial charge in [-0.3, -0.25) is 10.1 Å². The van der Waals surface area contributed by atoms with Crippen LogP contribution in [0.15, 0.2) is 29.6 Å². The topological polar surface area (TPSA) is 77.2 Å². The second kappa shape index (κ2) is 6.13. The summed E-state index contributed by atoms with van der Waals surface area (Å²) in [6.45, 7) is 6.18. The minimum absolute atomic E-state index is 0.0278. The smallest absolute Gasteiger partial charge is 0.264 e. The Morgan fingerprint density at radius 3 is 2.57 bits per heavy atom. The molecule has 0 fully saturated rings. The van der Waals surface area contributed by atoms with Gasteiger partial charge in [-0.15, -0.1) is 11.3 Å². The predicted molar refractivity (Wildman–Crippen MR) is 85.8 cm³/mol. The number of anilines is 2. The molecule has 3 N–H and O–H groups in total. The van der Waals surface area contributed by atoms with Crippen LogP contribution in [0.25, 0.3) is 0 Å². The number of nitrogens with two attached hydrogens (primary N) is 1. The molecule has 21 heavy (non-hydrogen) atoms. The highest BCUT2D eigenvalue weighted by molar-refractivity contribution is 7.13. The molecule has 0 unspecified atom stereocenters. The van der Waals surface area contributed by atoms with Gasteiger partial charge in [-0.1, -0.05) is 20.8 Å². The molecule has 2 rings (SSSR count). The van der Waals surface area contributed by atoms with Crippen LogP contribution in [0, 0.1) is 0 Å². The van der Waals surface area contributed by atoms with Crippen molar-refractivity contribution in [2.45, 2.75) is 26.2 Å². The maximum Gasteiger partial charge on any atom is 0.264 e. The van der Waals surface area contributed by atoms with E-state index in [-0.39, 0.29) is 17.9 Å². The molecule has 112 valence electrons. The van der Waals surface area contributed by atoms with Crippen LogP contribution in [0.3, 0.4) is 0 Å². The predicted octanol–water partition coefficient (Wildman–Crippen LogP) is 3.04. The van der Waals surface area contributed by atoms with E-state index in [1.165, 1.54) is 11.3 Å². The van der Waals surface area contributed by atoms with E-state index >= 15 is 0 Å². The standard InChI is InChI=1S/C15H19N3O2S/c1-15(2,3)12-9-21-14(17-12)18-13(19)8-20-11-6-4-10(16)5-7-11/h4-7,9H,8,16H2,1-3H3,(H,17,18,19). The van der Waals surface area contributed by atoms with Crippen molar-refractivity contribution in [1.29, 1.82) is 0 Å². The number of carbonyl (C=O) groups is 1. The minimum atomic E-state index is -0.235. The number of thiazole rings is 1. The number of nitrogens with one attached hydrogen (secondary N) is 1. The molecule has 1 aromatic carbocycles. The lowest BCUT2D eigenvalue weighted by Gasteiger charge is -2.14. The third-order valence-corrected chi connectivity index (χ3v) is 3.53. The van der Waals surface area contributed by atoms with Gasteiger partial charge < -0.3 is 10.5 Å². The summed E-state index contributed by atoms with van der Waals surface area (Å²) in [6.07, 6.45) is 0. The minimum Gasteiger partial charge on any atom is -0.484 e. The summed E-state index contributed by atoms with van der Waals surface area (Å²) in [4.78, 5) is 16.2. The normalized spacial score (nSPS) is 11.2. The first-order valence-electron chi connectivity index (χ1n) is 6.59. The summed E-state index contributed by atoms with van der Waals surface area (Å²) >= 11 is 1.41. The molecule has 6 heteroatoms. The quantitative estimate of drug-likeness (QED) is 0.851. The molecular formula is C15H19N3O2S. The maximum absolute atomic E-state index is 11.8. The Bertz CT molecular complexity index is 615. The Labute approximate surface area is 128 Å². The number of amides is 1. The number of rotatable bonds is 4. The van der Waals surface area contributed by atoms with Gasteiger partial charge in [-0.05, 0) is 24.3 Å². The van der Waals surface area contributed by atoms with Gasteiger partial charge in [-0.25, -0.2) is 4.98 Å². The van der Waals surface area contributed by atoms with Gasteiger partial charge in [0.2, 0.25) is 0 Å². The zero-order chi connectivity index (χ0) is 15.5. The second-order valence-corrected chi connectivity index (χ2v) is 6.55. The number of hydrogen-bond donors (Lipinski definition) is 2. The van der Waals surface area contributed by atoms with Gasteiger partial charge in [0.05, 0.1) is 5.69 Å². The largest absolute Gasteiger partial charge is 0.484 e. The van der Waals surface area contributed by atoms with Crippen molar-refractivity contribution in [2.24, 2.45) is 0 Å². The van der Waals surface area contributed by atoms with Crippen LogP contribution in [0.2, 0.25) is 0 Å². The lowest BCUT2D eigenvalue weighted by atomic mass is 9.93. The van der Waals surface area contributed by atoms with E-state index in [2.05, 4.69) is 31.1 Å². The van der Waals surface area contributed by atoms with Gasteiger partial charge in [0.1, 0.15) is 5.75 Å². The van der Waals surface area contributed by atoms with Crippen molar-refractivity contribution >= 4 is 28.1 Å². The molecule has 0 saturated carbocycles. The van der Waals surface area contributed by atoms with E-state index < -0.39 is 0 Å². The number of nitrogen functional groups attached to an aromatic ring is 1. The average molecular weight is 305 g/mol. The fourth-order valence-electron chi connectivity index (χ4n) is 1.54. The molecule has 5 nitrogen and oxygen atoms in total. The summed E-state index contributed by atoms with van der Waals surface area (Å²) in [6, 6.07) is 6.90. The lowest BCUT2D eigenvalue weighted by Crippen LogP contribution is -2.20. The third kappa shape index (κ3) is 4.46. The SMILES string of the molecule is CC(C)(C)c1csc(NC(=O)COc2ccc(N)cc2)n1. The molecule has 0 atom stereocenters. The Morgan fingerprint density at radius 2 is 2.00 bits per heavy atom.